The highest BCUT2D eigenvalue weighted by Gasteiger charge is 2.51. The lowest BCUT2D eigenvalue weighted by atomic mass is 9.75. The minimum absolute atomic E-state index is 0.143. The van der Waals surface area contributed by atoms with Gasteiger partial charge in [0.2, 0.25) is 0 Å². The lowest BCUT2D eigenvalue weighted by molar-refractivity contribution is -0.0167. The number of piperazine rings is 1. The fourth-order valence-corrected chi connectivity index (χ4v) is 5.88. The third-order valence-electron chi connectivity index (χ3n) is 7.14. The Bertz CT molecular complexity index is 998. The predicted octanol–water partition coefficient (Wildman–Crippen LogP) is 6.06. The second-order valence-corrected chi connectivity index (χ2v) is 10.5. The van der Waals surface area contributed by atoms with E-state index in [1.54, 1.807) is 0 Å². The quantitative estimate of drug-likeness (QED) is 0.449. The minimum Gasteiger partial charge on any atom is -0.444 e. The third-order valence-corrected chi connectivity index (χ3v) is 7.14. The summed E-state index contributed by atoms with van der Waals surface area (Å²) < 4.78 is 5.80. The van der Waals surface area contributed by atoms with Gasteiger partial charge in [-0.3, -0.25) is 9.80 Å². The summed E-state index contributed by atoms with van der Waals surface area (Å²) in [7, 11) is 0. The Kier molecular flexibility index (Phi) is 5.95. The smallest absolute Gasteiger partial charge is 0.410 e. The molecule has 0 aliphatic carbocycles. The molecule has 0 radical (unpaired) electrons. The van der Waals surface area contributed by atoms with Crippen molar-refractivity contribution in [2.24, 2.45) is 0 Å². The van der Waals surface area contributed by atoms with Crippen LogP contribution < -0.4 is 0 Å². The van der Waals surface area contributed by atoms with Crippen molar-refractivity contribution in [3.8, 4) is 0 Å². The molecule has 0 aromatic heterocycles. The van der Waals surface area contributed by atoms with Crippen molar-refractivity contribution in [1.29, 1.82) is 0 Å². The van der Waals surface area contributed by atoms with Gasteiger partial charge in [-0.1, -0.05) is 91.0 Å². The number of benzene rings is 3. The first-order valence-electron chi connectivity index (χ1n) is 12.3. The van der Waals surface area contributed by atoms with Gasteiger partial charge in [0.15, 0.2) is 0 Å². The number of carbonyl (C=O) groups is 1. The van der Waals surface area contributed by atoms with Crippen LogP contribution in [0.5, 0.6) is 0 Å². The van der Waals surface area contributed by atoms with Gasteiger partial charge >= 0.3 is 6.09 Å². The van der Waals surface area contributed by atoms with Crippen molar-refractivity contribution in [2.75, 3.05) is 13.1 Å². The van der Waals surface area contributed by atoms with Gasteiger partial charge in [-0.15, -0.1) is 0 Å². The van der Waals surface area contributed by atoms with Crippen molar-refractivity contribution in [3.05, 3.63) is 108 Å². The second-order valence-electron chi connectivity index (χ2n) is 10.5. The molecule has 2 aliphatic rings. The normalized spacial score (nSPS) is 20.9. The van der Waals surface area contributed by atoms with E-state index in [0.717, 1.165) is 25.9 Å². The van der Waals surface area contributed by atoms with E-state index in [1.807, 2.05) is 25.7 Å². The van der Waals surface area contributed by atoms with E-state index < -0.39 is 11.1 Å². The van der Waals surface area contributed by atoms with E-state index in [9.17, 15) is 4.79 Å². The molecule has 2 bridgehead atoms. The van der Waals surface area contributed by atoms with Crippen LogP contribution in [0.4, 0.5) is 4.79 Å². The Morgan fingerprint density at radius 3 is 1.44 bits per heavy atom. The van der Waals surface area contributed by atoms with Crippen LogP contribution in [0.25, 0.3) is 0 Å². The first-order chi connectivity index (χ1) is 16.4. The Morgan fingerprint density at radius 1 is 0.706 bits per heavy atom. The SMILES string of the molecule is CC(C)(C)OC(=O)N1[C@@H]2CC[C@H]1CN(C(c1ccccc1)(c1ccccc1)c1ccccc1)C2. The average Bonchev–Trinajstić information content (AvgIpc) is 3.11. The molecule has 176 valence electrons. The van der Waals surface area contributed by atoms with Crippen LogP contribution in [0.3, 0.4) is 0 Å². The Hall–Kier alpha value is -3.11. The number of hydrogen-bond donors (Lipinski definition) is 0. The molecule has 0 spiro atoms. The number of rotatable bonds is 4. The minimum atomic E-state index is -0.491. The molecule has 1 amide bonds. The molecule has 3 aromatic rings. The van der Waals surface area contributed by atoms with Gasteiger partial charge in [-0.2, -0.15) is 0 Å². The summed E-state index contributed by atoms with van der Waals surface area (Å²) in [5.41, 5.74) is 2.81. The highest BCUT2D eigenvalue weighted by atomic mass is 16.6. The van der Waals surface area contributed by atoms with Crippen LogP contribution in [0.2, 0.25) is 0 Å². The first kappa shape index (κ1) is 22.7. The van der Waals surface area contributed by atoms with E-state index in [1.165, 1.54) is 16.7 Å². The van der Waals surface area contributed by atoms with E-state index in [0.29, 0.717) is 0 Å². The highest BCUT2D eigenvalue weighted by molar-refractivity contribution is 5.70. The molecular formula is C30H34N2O2. The fourth-order valence-electron chi connectivity index (χ4n) is 5.88. The summed E-state index contributed by atoms with van der Waals surface area (Å²) >= 11 is 0. The lowest BCUT2D eigenvalue weighted by Crippen LogP contribution is -2.62. The number of likely N-dealkylation sites (tertiary alicyclic amines) is 1. The fraction of sp³-hybridized carbons (Fsp3) is 0.367. The zero-order chi connectivity index (χ0) is 23.8. The van der Waals surface area contributed by atoms with E-state index in [-0.39, 0.29) is 18.2 Å². The van der Waals surface area contributed by atoms with Crippen LogP contribution in [-0.2, 0) is 10.3 Å². The third kappa shape index (κ3) is 4.01. The molecule has 34 heavy (non-hydrogen) atoms. The monoisotopic (exact) mass is 454 g/mol. The van der Waals surface area contributed by atoms with Crippen LogP contribution in [0.1, 0.15) is 50.3 Å². The molecule has 0 saturated carbocycles. The van der Waals surface area contributed by atoms with Gasteiger partial charge in [0.25, 0.3) is 0 Å². The molecule has 4 heteroatoms. The first-order valence-corrected chi connectivity index (χ1v) is 12.3. The molecule has 2 fully saturated rings. The standard InChI is InChI=1S/C30H34N2O2/c1-29(2,3)34-28(33)32-26-19-20-27(32)22-31(21-26)30(23-13-7-4-8-14-23,24-15-9-5-10-16-24)25-17-11-6-12-18-25/h4-18,26-27H,19-22H2,1-3H3/t26-,27+. The maximum atomic E-state index is 13.1. The van der Waals surface area contributed by atoms with E-state index in [2.05, 4.69) is 95.9 Å². The molecule has 2 atom stereocenters. The number of nitrogens with zero attached hydrogens (tertiary/aromatic N) is 2. The number of carbonyl (C=O) groups excluding carboxylic acids is 1. The predicted molar refractivity (Wildman–Crippen MR) is 136 cm³/mol. The highest BCUT2D eigenvalue weighted by Crippen LogP contribution is 2.46. The maximum Gasteiger partial charge on any atom is 0.410 e. The maximum absolute atomic E-state index is 13.1. The number of hydrogen-bond acceptors (Lipinski definition) is 3. The summed E-state index contributed by atoms with van der Waals surface area (Å²) in [5.74, 6) is 0. The van der Waals surface area contributed by atoms with Crippen LogP contribution in [0.15, 0.2) is 91.0 Å². The summed E-state index contributed by atoms with van der Waals surface area (Å²) in [6.45, 7) is 7.42. The largest absolute Gasteiger partial charge is 0.444 e. The Morgan fingerprint density at radius 2 is 1.09 bits per heavy atom. The molecule has 2 saturated heterocycles. The lowest BCUT2D eigenvalue weighted by Gasteiger charge is -2.51. The van der Waals surface area contributed by atoms with Gasteiger partial charge in [0.05, 0.1) is 5.54 Å². The van der Waals surface area contributed by atoms with Gasteiger partial charge in [0, 0.05) is 25.2 Å². The molecule has 0 unspecified atom stereocenters. The Labute approximate surface area is 203 Å². The van der Waals surface area contributed by atoms with Gasteiger partial charge in [-0.25, -0.2) is 4.79 Å². The van der Waals surface area contributed by atoms with Crippen molar-refractivity contribution >= 4 is 6.09 Å². The second kappa shape index (κ2) is 8.92. The van der Waals surface area contributed by atoms with Crippen molar-refractivity contribution < 1.29 is 9.53 Å². The van der Waals surface area contributed by atoms with Gasteiger partial charge in [-0.05, 0) is 50.3 Å². The van der Waals surface area contributed by atoms with Crippen molar-refractivity contribution in [2.45, 2.75) is 56.8 Å². The van der Waals surface area contributed by atoms with Crippen LogP contribution in [0, 0.1) is 0 Å². The van der Waals surface area contributed by atoms with E-state index in [4.69, 9.17) is 4.74 Å². The van der Waals surface area contributed by atoms with Gasteiger partial charge in [0.1, 0.15) is 5.60 Å². The molecule has 3 aromatic carbocycles. The van der Waals surface area contributed by atoms with Crippen molar-refractivity contribution in [1.82, 2.24) is 9.80 Å². The molecule has 4 nitrogen and oxygen atoms in total. The molecule has 2 aliphatic heterocycles. The van der Waals surface area contributed by atoms with Gasteiger partial charge < -0.3 is 4.74 Å². The molecule has 2 heterocycles. The van der Waals surface area contributed by atoms with Crippen LogP contribution >= 0.6 is 0 Å². The summed E-state index contributed by atoms with van der Waals surface area (Å²) in [5, 5.41) is 0. The van der Waals surface area contributed by atoms with E-state index >= 15 is 0 Å². The topological polar surface area (TPSA) is 32.8 Å². The molecule has 5 rings (SSSR count). The number of ether oxygens (including phenoxy) is 1. The zero-order valence-corrected chi connectivity index (χ0v) is 20.4. The summed E-state index contributed by atoms with van der Waals surface area (Å²) in [6.07, 6.45) is 1.84. The summed E-state index contributed by atoms with van der Waals surface area (Å²) in [4.78, 5) is 17.8. The molecule has 0 N–H and O–H groups in total. The number of fused-ring (bicyclic) bond motifs is 2. The summed E-state index contributed by atoms with van der Waals surface area (Å²) in [6, 6.07) is 32.7. The Balaban J connectivity index is 1.61. The van der Waals surface area contributed by atoms with Crippen LogP contribution in [-0.4, -0.2) is 46.7 Å². The zero-order valence-electron chi connectivity index (χ0n) is 20.4. The number of amides is 1. The van der Waals surface area contributed by atoms with Crippen molar-refractivity contribution in [3.63, 3.8) is 0 Å². The average molecular weight is 455 g/mol. The molecular weight excluding hydrogens is 420 g/mol.